The van der Waals surface area contributed by atoms with Crippen molar-refractivity contribution in [2.75, 3.05) is 46.4 Å². The van der Waals surface area contributed by atoms with Crippen LogP contribution >= 0.6 is 0 Å². The summed E-state index contributed by atoms with van der Waals surface area (Å²) >= 11 is 0. The third kappa shape index (κ3) is 30.8. The van der Waals surface area contributed by atoms with Crippen LogP contribution in [0.3, 0.4) is 0 Å². The Kier molecular flexibility index (Phi) is 37.4. The van der Waals surface area contributed by atoms with E-state index in [4.69, 9.17) is 18.9 Å². The number of unbranched alkanes of at least 4 members (excludes halogenated alkanes) is 21. The fourth-order valence-corrected chi connectivity index (χ4v) is 10.5. The van der Waals surface area contributed by atoms with E-state index in [0.29, 0.717) is 32.6 Å². The van der Waals surface area contributed by atoms with E-state index < -0.39 is 11.7 Å². The maximum absolute atomic E-state index is 13.6. The summed E-state index contributed by atoms with van der Waals surface area (Å²) in [6.45, 7) is 17.1. The first-order valence-corrected chi connectivity index (χ1v) is 29.7. The molecule has 10 heteroatoms. The monoisotopic (exact) mass is 977 g/mol. The summed E-state index contributed by atoms with van der Waals surface area (Å²) in [7, 11) is 2.04. The van der Waals surface area contributed by atoms with Crippen molar-refractivity contribution in [1.29, 1.82) is 0 Å². The van der Waals surface area contributed by atoms with Crippen LogP contribution in [0.15, 0.2) is 0 Å². The van der Waals surface area contributed by atoms with Gasteiger partial charge in [0.05, 0.1) is 24.7 Å². The van der Waals surface area contributed by atoms with Gasteiger partial charge >= 0.3 is 17.9 Å². The van der Waals surface area contributed by atoms with E-state index in [9.17, 15) is 19.5 Å². The second-order valence-electron chi connectivity index (χ2n) is 22.5. The van der Waals surface area contributed by atoms with Gasteiger partial charge < -0.3 is 29.0 Å². The van der Waals surface area contributed by atoms with E-state index in [0.717, 1.165) is 122 Å². The van der Waals surface area contributed by atoms with Crippen LogP contribution in [-0.4, -0.2) is 104 Å². The van der Waals surface area contributed by atoms with Gasteiger partial charge in [-0.3, -0.25) is 19.3 Å². The van der Waals surface area contributed by atoms with E-state index in [2.05, 4.69) is 37.5 Å². The van der Waals surface area contributed by atoms with Crippen molar-refractivity contribution in [3.05, 3.63) is 0 Å². The summed E-state index contributed by atoms with van der Waals surface area (Å²) in [5.41, 5.74) is -0.516. The number of aliphatic hydroxyl groups excluding tert-OH is 1. The number of ether oxygens (including phenoxy) is 4. The molecule has 0 radical (unpaired) electrons. The van der Waals surface area contributed by atoms with Gasteiger partial charge in [0.25, 0.3) is 0 Å². The van der Waals surface area contributed by atoms with Gasteiger partial charge in [-0.2, -0.15) is 0 Å². The van der Waals surface area contributed by atoms with Gasteiger partial charge in [-0.05, 0) is 97.6 Å². The molecular formula is C59H112N2O8. The van der Waals surface area contributed by atoms with Crippen LogP contribution in [-0.2, 0) is 33.3 Å². The maximum atomic E-state index is 13.6. The normalized spacial score (nSPS) is 17.5. The lowest BCUT2D eigenvalue weighted by molar-refractivity contribution is -0.186. The molecule has 0 bridgehead atoms. The minimum Gasteiger partial charge on any atom is -0.466 e. The van der Waals surface area contributed by atoms with Crippen LogP contribution in [0.4, 0.5) is 0 Å². The number of rotatable bonds is 47. The smallest absolute Gasteiger partial charge is 0.323 e. The average molecular weight is 978 g/mol. The highest BCUT2D eigenvalue weighted by Gasteiger charge is 2.41. The molecule has 0 aromatic heterocycles. The largest absolute Gasteiger partial charge is 0.466 e. The SMILES string of the molecule is CCCCCCCCC(CCCCCCCC)OC(=O)C(C)(C)CCCCCCOC(=O)[C@@H]1C[C@H](OC(O)C2CN(C)C2)CN1CCCCCCCC(=O)OCCCC(CCCCC)CCCCC. The lowest BCUT2D eigenvalue weighted by Crippen LogP contribution is -2.51. The number of hydrogen-bond donors (Lipinski definition) is 1. The molecule has 0 aliphatic carbocycles. The number of likely N-dealkylation sites (tertiary alicyclic amines) is 2. The summed E-state index contributed by atoms with van der Waals surface area (Å²) in [6, 6.07) is -0.373. The average Bonchev–Trinajstić information content (AvgIpc) is 3.72. The van der Waals surface area contributed by atoms with Gasteiger partial charge in [0.1, 0.15) is 12.1 Å². The number of nitrogens with zero attached hydrogens (tertiary/aromatic N) is 2. The topological polar surface area (TPSA) is 115 Å². The molecule has 2 aliphatic rings. The minimum atomic E-state index is -0.819. The molecule has 1 N–H and O–H groups in total. The molecule has 0 spiro atoms. The molecule has 2 rings (SSSR count). The van der Waals surface area contributed by atoms with Crippen LogP contribution in [0.25, 0.3) is 0 Å². The summed E-state index contributed by atoms with van der Waals surface area (Å²) in [5, 5.41) is 10.8. The van der Waals surface area contributed by atoms with E-state index in [-0.39, 0.29) is 42.1 Å². The van der Waals surface area contributed by atoms with Crippen molar-refractivity contribution in [3.63, 3.8) is 0 Å². The van der Waals surface area contributed by atoms with Crippen molar-refractivity contribution in [2.45, 2.75) is 297 Å². The highest BCUT2D eigenvalue weighted by Crippen LogP contribution is 2.30. The molecule has 1 unspecified atom stereocenters. The van der Waals surface area contributed by atoms with E-state index in [1.165, 1.54) is 122 Å². The molecule has 69 heavy (non-hydrogen) atoms. The summed E-state index contributed by atoms with van der Waals surface area (Å²) in [5.74, 6) is 0.571. The Balaban J connectivity index is 1.72. The lowest BCUT2D eigenvalue weighted by Gasteiger charge is -2.39. The molecule has 10 nitrogen and oxygen atoms in total. The van der Waals surface area contributed by atoms with Crippen LogP contribution < -0.4 is 0 Å². The third-order valence-corrected chi connectivity index (χ3v) is 15.3. The summed E-state index contributed by atoms with van der Waals surface area (Å²) < 4.78 is 23.9. The molecule has 0 aromatic carbocycles. The standard InChI is InChI=1S/C59H112N2O8/c1-8-12-16-18-21-29-39-52(40-30-22-19-17-13-9-2)69-58(65)59(5,6)42-32-24-26-34-44-67-57(64)54-46-53(68-56(63)51-47-60(7)48-51)49-61(54)43-33-25-20-23-31-41-55(62)66-45-35-38-50(36-27-14-10-3)37-28-15-11-4/h50-54,56,63H,8-49H2,1-7H3/t53-,54-,56?/m0/s1. The molecule has 2 aliphatic heterocycles. The van der Waals surface area contributed by atoms with Gasteiger partial charge in [0, 0.05) is 38.4 Å². The van der Waals surface area contributed by atoms with Crippen LogP contribution in [0.5, 0.6) is 0 Å². The van der Waals surface area contributed by atoms with Crippen LogP contribution in [0.2, 0.25) is 0 Å². The molecule has 2 saturated heterocycles. The highest BCUT2D eigenvalue weighted by atomic mass is 16.6. The Morgan fingerprint density at radius 2 is 1.07 bits per heavy atom. The fraction of sp³-hybridized carbons (Fsp3) is 0.949. The lowest BCUT2D eigenvalue weighted by atomic mass is 9.86. The minimum absolute atomic E-state index is 0.0305. The van der Waals surface area contributed by atoms with E-state index in [1.807, 2.05) is 20.9 Å². The van der Waals surface area contributed by atoms with E-state index in [1.54, 1.807) is 0 Å². The Labute approximate surface area is 425 Å². The third-order valence-electron chi connectivity index (χ3n) is 15.3. The fourth-order valence-electron chi connectivity index (χ4n) is 10.5. The zero-order valence-electron chi connectivity index (χ0n) is 46.4. The molecule has 0 aromatic rings. The summed E-state index contributed by atoms with van der Waals surface area (Å²) in [4.78, 5) is 43.9. The van der Waals surface area contributed by atoms with Gasteiger partial charge in [0.2, 0.25) is 0 Å². The Morgan fingerprint density at radius 1 is 0.580 bits per heavy atom. The quantitative estimate of drug-likeness (QED) is 0.0274. The van der Waals surface area contributed by atoms with Crippen molar-refractivity contribution in [2.24, 2.45) is 17.3 Å². The Bertz CT molecular complexity index is 1230. The summed E-state index contributed by atoms with van der Waals surface area (Å²) in [6.07, 6.45) is 38.8. The Morgan fingerprint density at radius 3 is 1.68 bits per heavy atom. The zero-order chi connectivity index (χ0) is 50.4. The van der Waals surface area contributed by atoms with Crippen LogP contribution in [0, 0.1) is 17.3 Å². The molecule has 3 atom stereocenters. The molecule has 0 saturated carbocycles. The Hall–Kier alpha value is -1.75. The first kappa shape index (κ1) is 63.4. The predicted octanol–water partition coefficient (Wildman–Crippen LogP) is 14.7. The molecule has 406 valence electrons. The second-order valence-corrected chi connectivity index (χ2v) is 22.5. The van der Waals surface area contributed by atoms with Gasteiger partial charge in [0.15, 0.2) is 6.29 Å². The number of aliphatic hydroxyl groups is 1. The van der Waals surface area contributed by atoms with Gasteiger partial charge in [-0.15, -0.1) is 0 Å². The van der Waals surface area contributed by atoms with Gasteiger partial charge in [-0.1, -0.05) is 182 Å². The van der Waals surface area contributed by atoms with Crippen molar-refractivity contribution in [1.82, 2.24) is 9.80 Å². The van der Waals surface area contributed by atoms with Crippen molar-refractivity contribution >= 4 is 17.9 Å². The number of hydrogen-bond acceptors (Lipinski definition) is 10. The molecular weight excluding hydrogens is 865 g/mol. The molecule has 0 amide bonds. The predicted molar refractivity (Wildman–Crippen MR) is 285 cm³/mol. The molecule has 2 heterocycles. The highest BCUT2D eigenvalue weighted by molar-refractivity contribution is 5.76. The van der Waals surface area contributed by atoms with Gasteiger partial charge in [-0.25, -0.2) is 0 Å². The van der Waals surface area contributed by atoms with Crippen molar-refractivity contribution < 1.29 is 38.4 Å². The molecule has 2 fully saturated rings. The number of carbonyl (C=O) groups excluding carboxylic acids is 3. The number of esters is 3. The first-order valence-electron chi connectivity index (χ1n) is 29.7. The van der Waals surface area contributed by atoms with Crippen molar-refractivity contribution in [3.8, 4) is 0 Å². The second kappa shape index (κ2) is 40.7. The number of carbonyl (C=O) groups is 3. The van der Waals surface area contributed by atoms with E-state index >= 15 is 0 Å². The maximum Gasteiger partial charge on any atom is 0.323 e. The zero-order valence-corrected chi connectivity index (χ0v) is 46.4. The van der Waals surface area contributed by atoms with Crippen LogP contribution in [0.1, 0.15) is 273 Å². The first-order chi connectivity index (χ1) is 33.4.